The van der Waals surface area contributed by atoms with Gasteiger partial charge in [0.2, 0.25) is 0 Å². The maximum Gasteiger partial charge on any atom is 0.573 e. The maximum atomic E-state index is 12.5. The van der Waals surface area contributed by atoms with E-state index in [1.807, 2.05) is 0 Å². The lowest BCUT2D eigenvalue weighted by Crippen LogP contribution is -2.32. The number of nitrogens with two attached hydrogens (primary N) is 1. The van der Waals surface area contributed by atoms with Crippen LogP contribution in [-0.4, -0.2) is 30.6 Å². The van der Waals surface area contributed by atoms with E-state index in [0.29, 0.717) is 28.2 Å². The summed E-state index contributed by atoms with van der Waals surface area (Å²) in [5.41, 5.74) is 7.10. The SMILES string of the molecule is COc1ccc(OCc2cccc(OC(F)(F)F)c2)c(COc2c(Cl)cc(C[C@H](N)C(=O)O)cc2Cl)c1. The third-order valence-corrected chi connectivity index (χ3v) is 5.56. The normalized spacial score (nSPS) is 12.1. The number of carboxylic acids is 1. The van der Waals surface area contributed by atoms with Crippen molar-refractivity contribution in [3.63, 3.8) is 0 Å². The first-order valence-electron chi connectivity index (χ1n) is 10.7. The molecular formula is C25H22Cl2F3NO6. The summed E-state index contributed by atoms with van der Waals surface area (Å²) in [5, 5.41) is 9.32. The van der Waals surface area contributed by atoms with Gasteiger partial charge in [0.15, 0.2) is 5.75 Å². The smallest absolute Gasteiger partial charge is 0.497 e. The number of rotatable bonds is 11. The van der Waals surface area contributed by atoms with E-state index in [1.54, 1.807) is 24.3 Å². The van der Waals surface area contributed by atoms with Crippen LogP contribution < -0.4 is 24.7 Å². The molecule has 0 saturated carbocycles. The Morgan fingerprint density at radius 3 is 2.30 bits per heavy atom. The predicted octanol–water partition coefficient (Wildman–Crippen LogP) is 6.01. The Labute approximate surface area is 220 Å². The fourth-order valence-corrected chi connectivity index (χ4v) is 3.93. The highest BCUT2D eigenvalue weighted by Crippen LogP contribution is 2.36. The van der Waals surface area contributed by atoms with E-state index in [-0.39, 0.29) is 41.2 Å². The van der Waals surface area contributed by atoms with Gasteiger partial charge in [0.1, 0.15) is 36.5 Å². The maximum absolute atomic E-state index is 12.5. The molecule has 0 amide bonds. The van der Waals surface area contributed by atoms with Crippen LogP contribution in [0.2, 0.25) is 10.0 Å². The van der Waals surface area contributed by atoms with E-state index >= 15 is 0 Å². The van der Waals surface area contributed by atoms with Crippen molar-refractivity contribution >= 4 is 29.2 Å². The molecule has 0 heterocycles. The first kappa shape index (κ1) is 28.2. The second kappa shape index (κ2) is 12.3. The molecule has 7 nitrogen and oxygen atoms in total. The molecule has 37 heavy (non-hydrogen) atoms. The summed E-state index contributed by atoms with van der Waals surface area (Å²) in [6, 6.07) is 12.3. The van der Waals surface area contributed by atoms with Gasteiger partial charge in [-0.2, -0.15) is 0 Å². The quantitative estimate of drug-likeness (QED) is 0.296. The Kier molecular flexibility index (Phi) is 9.36. The number of carboxylic acid groups (broad SMARTS) is 1. The zero-order chi connectivity index (χ0) is 27.2. The number of ether oxygens (including phenoxy) is 4. The van der Waals surface area contributed by atoms with E-state index < -0.39 is 18.4 Å². The number of benzene rings is 3. The minimum atomic E-state index is -4.80. The highest BCUT2D eigenvalue weighted by Gasteiger charge is 2.31. The first-order chi connectivity index (χ1) is 17.4. The second-order valence-electron chi connectivity index (χ2n) is 7.78. The molecule has 198 valence electrons. The molecule has 0 bridgehead atoms. The summed E-state index contributed by atoms with van der Waals surface area (Å²) in [4.78, 5) is 11.0. The summed E-state index contributed by atoms with van der Waals surface area (Å²) in [6.07, 6.45) is -4.78. The fourth-order valence-electron chi connectivity index (χ4n) is 3.29. The van der Waals surface area contributed by atoms with Crippen molar-refractivity contribution in [2.45, 2.75) is 32.0 Å². The number of methoxy groups -OCH3 is 1. The Morgan fingerprint density at radius 2 is 1.68 bits per heavy atom. The lowest BCUT2D eigenvalue weighted by molar-refractivity contribution is -0.274. The van der Waals surface area contributed by atoms with E-state index in [2.05, 4.69) is 4.74 Å². The van der Waals surface area contributed by atoms with E-state index in [1.165, 1.54) is 37.4 Å². The van der Waals surface area contributed by atoms with Crippen LogP contribution in [0.25, 0.3) is 0 Å². The average Bonchev–Trinajstić information content (AvgIpc) is 2.81. The molecule has 0 aliphatic heterocycles. The van der Waals surface area contributed by atoms with Crippen molar-refractivity contribution in [1.82, 2.24) is 0 Å². The van der Waals surface area contributed by atoms with Gasteiger partial charge in [0.25, 0.3) is 0 Å². The average molecular weight is 560 g/mol. The Bertz CT molecular complexity index is 1230. The molecule has 0 spiro atoms. The van der Waals surface area contributed by atoms with E-state index in [0.717, 1.165) is 0 Å². The van der Waals surface area contributed by atoms with Gasteiger partial charge in [0, 0.05) is 5.56 Å². The van der Waals surface area contributed by atoms with Crippen LogP contribution in [0.5, 0.6) is 23.0 Å². The number of aliphatic carboxylic acids is 1. The van der Waals surface area contributed by atoms with Gasteiger partial charge in [-0.05, 0) is 60.0 Å². The predicted molar refractivity (Wildman–Crippen MR) is 131 cm³/mol. The second-order valence-corrected chi connectivity index (χ2v) is 8.60. The summed E-state index contributed by atoms with van der Waals surface area (Å²) >= 11 is 12.6. The number of hydrogen-bond donors (Lipinski definition) is 2. The molecule has 3 rings (SSSR count). The van der Waals surface area contributed by atoms with Crippen LogP contribution in [0, 0.1) is 0 Å². The number of alkyl halides is 3. The Morgan fingerprint density at radius 1 is 0.973 bits per heavy atom. The highest BCUT2D eigenvalue weighted by atomic mass is 35.5. The molecule has 1 atom stereocenters. The summed E-state index contributed by atoms with van der Waals surface area (Å²) in [6.45, 7) is -0.0917. The topological polar surface area (TPSA) is 100 Å². The van der Waals surface area contributed by atoms with Crippen molar-refractivity contribution < 1.29 is 42.0 Å². The minimum Gasteiger partial charge on any atom is -0.497 e. The van der Waals surface area contributed by atoms with Gasteiger partial charge in [-0.15, -0.1) is 13.2 Å². The molecule has 0 saturated heterocycles. The Hall–Kier alpha value is -3.34. The summed E-state index contributed by atoms with van der Waals surface area (Å²) in [7, 11) is 1.49. The van der Waals surface area contributed by atoms with Crippen molar-refractivity contribution in [3.05, 3.63) is 81.3 Å². The molecule has 0 fully saturated rings. The third kappa shape index (κ3) is 8.34. The van der Waals surface area contributed by atoms with E-state index in [9.17, 15) is 18.0 Å². The molecular weight excluding hydrogens is 538 g/mol. The van der Waals surface area contributed by atoms with Crippen molar-refractivity contribution in [2.75, 3.05) is 7.11 Å². The number of hydrogen-bond acceptors (Lipinski definition) is 6. The standard InChI is InChI=1S/C25H22Cl2F3NO6/c1-34-17-5-6-22(35-12-14-3-2-4-18(7-14)37-25(28,29)30)16(11-17)13-36-23-19(26)8-15(9-20(23)27)10-21(31)24(32)33/h2-9,11,21H,10,12-13,31H2,1H3,(H,32,33)/t21-/m0/s1. The molecule has 3 N–H and O–H groups in total. The zero-order valence-electron chi connectivity index (χ0n) is 19.4. The van der Waals surface area contributed by atoms with Gasteiger partial charge >= 0.3 is 12.3 Å². The zero-order valence-corrected chi connectivity index (χ0v) is 20.9. The highest BCUT2D eigenvalue weighted by molar-refractivity contribution is 6.37. The Balaban J connectivity index is 1.75. The molecule has 0 aliphatic rings. The third-order valence-electron chi connectivity index (χ3n) is 5.00. The summed E-state index contributed by atoms with van der Waals surface area (Å²) < 4.78 is 58.4. The number of halogens is 5. The van der Waals surface area contributed by atoms with E-state index in [4.69, 9.17) is 48.3 Å². The molecule has 12 heteroatoms. The van der Waals surface area contributed by atoms with Crippen LogP contribution >= 0.6 is 23.2 Å². The van der Waals surface area contributed by atoms with Crippen molar-refractivity contribution in [1.29, 1.82) is 0 Å². The first-order valence-corrected chi connectivity index (χ1v) is 11.4. The molecule has 0 radical (unpaired) electrons. The molecule has 0 unspecified atom stereocenters. The number of carbonyl (C=O) groups is 1. The lowest BCUT2D eigenvalue weighted by Gasteiger charge is -2.16. The summed E-state index contributed by atoms with van der Waals surface area (Å²) in [5.74, 6) is -0.440. The molecule has 0 aliphatic carbocycles. The van der Waals surface area contributed by atoms with Gasteiger partial charge in [-0.1, -0.05) is 35.3 Å². The van der Waals surface area contributed by atoms with Crippen LogP contribution in [0.15, 0.2) is 54.6 Å². The molecule has 3 aromatic rings. The fraction of sp³-hybridized carbons (Fsp3) is 0.240. The van der Waals surface area contributed by atoms with Gasteiger partial charge in [0.05, 0.1) is 17.2 Å². The van der Waals surface area contributed by atoms with Crippen LogP contribution in [0.1, 0.15) is 16.7 Å². The minimum absolute atomic E-state index is 0.0259. The van der Waals surface area contributed by atoms with Crippen molar-refractivity contribution in [2.24, 2.45) is 5.73 Å². The lowest BCUT2D eigenvalue weighted by atomic mass is 10.1. The largest absolute Gasteiger partial charge is 0.573 e. The van der Waals surface area contributed by atoms with Gasteiger partial charge < -0.3 is 29.8 Å². The monoisotopic (exact) mass is 559 g/mol. The van der Waals surface area contributed by atoms with Crippen LogP contribution in [0.4, 0.5) is 13.2 Å². The molecule has 0 aromatic heterocycles. The van der Waals surface area contributed by atoms with Crippen LogP contribution in [-0.2, 0) is 24.4 Å². The van der Waals surface area contributed by atoms with Gasteiger partial charge in [-0.3, -0.25) is 4.79 Å². The molecule has 3 aromatic carbocycles. The van der Waals surface area contributed by atoms with Gasteiger partial charge in [-0.25, -0.2) is 0 Å². The van der Waals surface area contributed by atoms with Crippen LogP contribution in [0.3, 0.4) is 0 Å². The van der Waals surface area contributed by atoms with Crippen molar-refractivity contribution in [3.8, 4) is 23.0 Å².